The third-order valence-electron chi connectivity index (χ3n) is 20.3. The van der Waals surface area contributed by atoms with Crippen molar-refractivity contribution in [1.29, 1.82) is 0 Å². The fourth-order valence-electron chi connectivity index (χ4n) is 15.6. The Morgan fingerprint density at radius 2 is 0.563 bits per heavy atom. The Labute approximate surface area is 602 Å². The molecule has 5 nitrogen and oxygen atoms in total. The van der Waals surface area contributed by atoms with Gasteiger partial charge in [0.15, 0.2) is 0 Å². The van der Waals surface area contributed by atoms with E-state index in [1.165, 1.54) is 117 Å². The summed E-state index contributed by atoms with van der Waals surface area (Å²) in [6.45, 7) is 0. The summed E-state index contributed by atoms with van der Waals surface area (Å²) in [6.07, 6.45) is 0. The van der Waals surface area contributed by atoms with Crippen LogP contribution in [-0.2, 0) is 0 Å². The summed E-state index contributed by atoms with van der Waals surface area (Å²) >= 11 is 3.66. The van der Waals surface area contributed by atoms with E-state index in [0.29, 0.717) is 0 Å². The molecule has 6 heterocycles. The smallest absolute Gasteiger partial charge is 0.0889 e. The van der Waals surface area contributed by atoms with E-state index < -0.39 is 0 Å². The van der Waals surface area contributed by atoms with Crippen LogP contribution in [0.25, 0.3) is 173 Å². The van der Waals surface area contributed by atoms with Gasteiger partial charge in [0.25, 0.3) is 0 Å². The van der Waals surface area contributed by atoms with Gasteiger partial charge in [-0.3, -0.25) is 0 Å². The highest BCUT2D eigenvalue weighted by Gasteiger charge is 2.23. The molecule has 0 spiro atoms. The Balaban J connectivity index is 0.000000139. The fourth-order valence-corrected chi connectivity index (χ4v) is 18.1. The molecule has 0 fully saturated rings. The molecule has 103 heavy (non-hydrogen) atoms. The summed E-state index contributed by atoms with van der Waals surface area (Å²) in [6, 6.07) is 133. The van der Waals surface area contributed by atoms with Crippen LogP contribution >= 0.6 is 22.7 Å². The number of pyridine rings is 2. The van der Waals surface area contributed by atoms with Crippen molar-refractivity contribution in [3.8, 4) is 67.3 Å². The van der Waals surface area contributed by atoms with Crippen LogP contribution < -0.4 is 4.90 Å². The van der Waals surface area contributed by atoms with E-state index in [-0.39, 0.29) is 0 Å². The van der Waals surface area contributed by atoms with Crippen molar-refractivity contribution in [3.63, 3.8) is 0 Å². The number of aromatic nitrogens is 4. The van der Waals surface area contributed by atoms with Crippen LogP contribution in [0.15, 0.2) is 370 Å². The van der Waals surface area contributed by atoms with Crippen molar-refractivity contribution in [2.24, 2.45) is 0 Å². The quantitative estimate of drug-likeness (QED) is 0.137. The van der Waals surface area contributed by atoms with Gasteiger partial charge in [0.1, 0.15) is 0 Å². The van der Waals surface area contributed by atoms with Gasteiger partial charge in [0, 0.05) is 103 Å². The normalized spacial score (nSPS) is 11.7. The molecule has 0 unspecified atom stereocenters. The third kappa shape index (κ3) is 10.3. The lowest BCUT2D eigenvalue weighted by molar-refractivity contribution is 1.13. The van der Waals surface area contributed by atoms with Gasteiger partial charge in [-0.1, -0.05) is 261 Å². The predicted molar refractivity (Wildman–Crippen MR) is 440 cm³/mol. The van der Waals surface area contributed by atoms with E-state index in [4.69, 9.17) is 9.97 Å². The zero-order valence-corrected chi connectivity index (χ0v) is 57.4. The van der Waals surface area contributed by atoms with Gasteiger partial charge >= 0.3 is 0 Å². The average molecular weight is 1350 g/mol. The number of nitrogens with zero attached hydrogens (tertiary/aromatic N) is 5. The van der Waals surface area contributed by atoms with E-state index in [1.807, 2.05) is 22.7 Å². The number of hydrogen-bond donors (Lipinski definition) is 0. The molecule has 0 atom stereocenters. The highest BCUT2D eigenvalue weighted by molar-refractivity contribution is 7.27. The minimum Gasteiger partial charge on any atom is -0.310 e. The number of hydrogen-bond acceptors (Lipinski definition) is 5. The molecule has 0 N–H and O–H groups in total. The van der Waals surface area contributed by atoms with E-state index in [1.54, 1.807) is 0 Å². The first-order chi connectivity index (χ1) is 51.1. The molecule has 0 aliphatic heterocycles. The summed E-state index contributed by atoms with van der Waals surface area (Å²) in [5.41, 5.74) is 23.6. The molecule has 21 rings (SSSR count). The predicted octanol–water partition coefficient (Wildman–Crippen LogP) is 27.2. The van der Waals surface area contributed by atoms with Gasteiger partial charge < -0.3 is 14.0 Å². The Morgan fingerprint density at radius 1 is 0.223 bits per heavy atom. The van der Waals surface area contributed by atoms with Gasteiger partial charge in [0.2, 0.25) is 0 Å². The second-order valence-corrected chi connectivity index (χ2v) is 28.4. The van der Waals surface area contributed by atoms with Gasteiger partial charge in [0.05, 0.1) is 53.9 Å². The van der Waals surface area contributed by atoms with E-state index >= 15 is 0 Å². The maximum atomic E-state index is 5.36. The Bertz CT molecular complexity index is 6540. The van der Waals surface area contributed by atoms with Crippen LogP contribution in [0.4, 0.5) is 17.1 Å². The highest BCUT2D eigenvalue weighted by atomic mass is 32.1. The van der Waals surface area contributed by atoms with Crippen LogP contribution in [0.3, 0.4) is 0 Å². The third-order valence-corrected chi connectivity index (χ3v) is 22.7. The van der Waals surface area contributed by atoms with Crippen molar-refractivity contribution >= 4 is 145 Å². The van der Waals surface area contributed by atoms with Gasteiger partial charge in [-0.05, 0) is 143 Å². The molecule has 0 aliphatic carbocycles. The van der Waals surface area contributed by atoms with Crippen LogP contribution in [0.2, 0.25) is 0 Å². The van der Waals surface area contributed by atoms with Crippen LogP contribution in [0, 0.1) is 0 Å². The van der Waals surface area contributed by atoms with E-state index in [0.717, 1.165) is 73.1 Å². The van der Waals surface area contributed by atoms with Gasteiger partial charge in [-0.2, -0.15) is 0 Å². The number of anilines is 3. The fraction of sp³-hybridized carbons (Fsp3) is 0. The maximum absolute atomic E-state index is 5.36. The molecule has 6 aromatic heterocycles. The molecular formula is C96H61N5S2. The monoisotopic (exact) mass is 1350 g/mol. The zero-order chi connectivity index (χ0) is 67.9. The first-order valence-electron chi connectivity index (χ1n) is 34.9. The molecule has 0 saturated carbocycles. The van der Waals surface area contributed by atoms with Gasteiger partial charge in [-0.15, -0.1) is 22.7 Å². The van der Waals surface area contributed by atoms with E-state index in [9.17, 15) is 0 Å². The molecule has 7 heteroatoms. The second kappa shape index (κ2) is 25.0. The highest BCUT2D eigenvalue weighted by Crippen LogP contribution is 2.47. The number of rotatable bonds is 10. The van der Waals surface area contributed by atoms with E-state index in [2.05, 4.69) is 384 Å². The second-order valence-electron chi connectivity index (χ2n) is 26.3. The lowest BCUT2D eigenvalue weighted by Gasteiger charge is -2.26. The first kappa shape index (κ1) is 60.0. The molecule has 0 radical (unpaired) electrons. The lowest BCUT2D eigenvalue weighted by atomic mass is 9.98. The van der Waals surface area contributed by atoms with Crippen LogP contribution in [-0.4, -0.2) is 19.1 Å². The summed E-state index contributed by atoms with van der Waals surface area (Å²) in [4.78, 5) is 13.0. The minimum atomic E-state index is 1.01. The minimum absolute atomic E-state index is 1.01. The molecule has 0 aliphatic rings. The summed E-state index contributed by atoms with van der Waals surface area (Å²) in [5.74, 6) is 0. The molecule has 0 bridgehead atoms. The van der Waals surface area contributed by atoms with Crippen molar-refractivity contribution < 1.29 is 0 Å². The van der Waals surface area contributed by atoms with Gasteiger partial charge in [-0.25, -0.2) is 9.97 Å². The standard InChI is InChI=1S/C51H31N3S.C45H30N2S/c1-7-22-43-41(20-1)49-42-21-6-12-27-48(42)55-51(49)50(52-43)33-15-13-14-32(28-33)34-29-35(53-44-23-8-2-16-37(44)38-17-3-9-24-45(38)53)31-36(30-34)54-46-25-10-4-18-39(46)40-19-5-11-26-47(40)54;1-3-12-31(13-4-1)33-22-26-36(27-23-33)47(37-28-24-34(25-29-37)32-14-5-2-6-15-32)38-17-11-16-35(30-38)44-45-43(39-18-7-9-20-41(39)46-44)40-19-8-10-21-42(40)48-45/h1-31H;1-30H. The number of para-hydroxylation sites is 6. The summed E-state index contributed by atoms with van der Waals surface area (Å²) in [5, 5.41) is 12.5. The SMILES string of the molecule is c1cc(-c2cc(-n3c4ccccc4c4ccccc43)cc(-n3c4ccccc4c4ccccc43)c2)cc(-c2nc3ccccc3c3c2sc2ccccc23)c1.c1ccc(-c2ccc(N(c3ccc(-c4ccccc4)cc3)c3cccc(-c4nc5ccccc5c5c4sc4ccccc45)c3)cc2)cc1. The topological polar surface area (TPSA) is 38.9 Å². The molecular weight excluding hydrogens is 1290 g/mol. The number of fused-ring (bicyclic) bond motifs is 16. The first-order valence-corrected chi connectivity index (χ1v) is 36.6. The largest absolute Gasteiger partial charge is 0.310 e. The van der Waals surface area contributed by atoms with Crippen LogP contribution in [0.5, 0.6) is 0 Å². The van der Waals surface area contributed by atoms with Crippen molar-refractivity contribution in [2.75, 3.05) is 4.90 Å². The number of thiophene rings is 2. The summed E-state index contributed by atoms with van der Waals surface area (Å²) < 4.78 is 9.87. The summed E-state index contributed by atoms with van der Waals surface area (Å²) in [7, 11) is 0. The Kier molecular flexibility index (Phi) is 14.5. The lowest BCUT2D eigenvalue weighted by Crippen LogP contribution is -2.10. The maximum Gasteiger partial charge on any atom is 0.0889 e. The number of benzene rings is 15. The molecule has 482 valence electrons. The Morgan fingerprint density at radius 3 is 1.01 bits per heavy atom. The molecule has 21 aromatic rings. The Hall–Kier alpha value is -13.0. The van der Waals surface area contributed by atoms with Crippen LogP contribution in [0.1, 0.15) is 0 Å². The van der Waals surface area contributed by atoms with Crippen molar-refractivity contribution in [3.05, 3.63) is 370 Å². The molecule has 15 aromatic carbocycles. The zero-order valence-electron chi connectivity index (χ0n) is 55.8. The van der Waals surface area contributed by atoms with Crippen molar-refractivity contribution in [1.82, 2.24) is 19.1 Å². The molecule has 0 saturated heterocycles. The average Bonchev–Trinajstić information content (AvgIpc) is 1.64. The van der Waals surface area contributed by atoms with Crippen molar-refractivity contribution in [2.45, 2.75) is 0 Å². The molecule has 0 amide bonds.